The quantitative estimate of drug-likeness (QED) is 0.754. The van der Waals surface area contributed by atoms with E-state index in [4.69, 9.17) is 9.15 Å². The van der Waals surface area contributed by atoms with Crippen LogP contribution in [0.2, 0.25) is 0 Å². The lowest BCUT2D eigenvalue weighted by atomic mass is 10.4. The standard InChI is InChI=1S/C12H18N4O2/c1-3-6-13-7-10-4-5-11(18-10)8-17-12-14-9-16(2)15-12/h4-5,9,13H,3,6-8H2,1-2H3. The summed E-state index contributed by atoms with van der Waals surface area (Å²) in [7, 11) is 1.80. The molecule has 0 atom stereocenters. The summed E-state index contributed by atoms with van der Waals surface area (Å²) >= 11 is 0. The molecule has 0 aliphatic heterocycles. The Morgan fingerprint density at radius 2 is 2.22 bits per heavy atom. The van der Waals surface area contributed by atoms with E-state index in [0.717, 1.165) is 31.0 Å². The SMILES string of the molecule is CCCNCc1ccc(COc2ncn(C)n2)o1. The second-order valence-corrected chi connectivity index (χ2v) is 4.03. The summed E-state index contributed by atoms with van der Waals surface area (Å²) in [4.78, 5) is 3.97. The minimum atomic E-state index is 0.345. The molecule has 98 valence electrons. The maximum absolute atomic E-state index is 5.61. The van der Waals surface area contributed by atoms with Gasteiger partial charge in [-0.2, -0.15) is 4.98 Å². The molecule has 0 aliphatic rings. The lowest BCUT2D eigenvalue weighted by molar-refractivity contribution is 0.245. The van der Waals surface area contributed by atoms with Crippen molar-refractivity contribution in [1.82, 2.24) is 20.1 Å². The zero-order valence-corrected chi connectivity index (χ0v) is 10.7. The second-order valence-electron chi connectivity index (χ2n) is 4.03. The minimum absolute atomic E-state index is 0.345. The molecule has 2 rings (SSSR count). The first-order chi connectivity index (χ1) is 8.78. The van der Waals surface area contributed by atoms with Crippen LogP contribution >= 0.6 is 0 Å². The number of aryl methyl sites for hydroxylation is 1. The van der Waals surface area contributed by atoms with Crippen LogP contribution in [-0.4, -0.2) is 21.3 Å². The number of nitrogens with zero attached hydrogens (tertiary/aromatic N) is 3. The van der Waals surface area contributed by atoms with Crippen LogP contribution in [0.3, 0.4) is 0 Å². The van der Waals surface area contributed by atoms with Gasteiger partial charge in [0.15, 0.2) is 0 Å². The Kier molecular flexibility index (Phi) is 4.35. The number of rotatable bonds is 7. The van der Waals surface area contributed by atoms with Gasteiger partial charge in [0, 0.05) is 7.05 Å². The largest absolute Gasteiger partial charge is 0.461 e. The molecular formula is C12H18N4O2. The first kappa shape index (κ1) is 12.6. The molecule has 0 spiro atoms. The Labute approximate surface area is 106 Å². The molecule has 2 heterocycles. The zero-order chi connectivity index (χ0) is 12.8. The fourth-order valence-corrected chi connectivity index (χ4v) is 1.50. The van der Waals surface area contributed by atoms with Gasteiger partial charge in [-0.25, -0.2) is 0 Å². The van der Waals surface area contributed by atoms with Gasteiger partial charge in [-0.3, -0.25) is 4.68 Å². The summed E-state index contributed by atoms with van der Waals surface area (Å²) in [6.45, 7) is 4.21. The van der Waals surface area contributed by atoms with Crippen molar-refractivity contribution in [3.05, 3.63) is 30.0 Å². The van der Waals surface area contributed by atoms with Crippen molar-refractivity contribution in [3.8, 4) is 6.01 Å². The highest BCUT2D eigenvalue weighted by atomic mass is 16.5. The third-order valence-corrected chi connectivity index (χ3v) is 2.37. The predicted molar refractivity (Wildman–Crippen MR) is 66.0 cm³/mol. The second kappa shape index (κ2) is 6.20. The number of furan rings is 1. The Morgan fingerprint density at radius 3 is 2.94 bits per heavy atom. The lowest BCUT2D eigenvalue weighted by Gasteiger charge is -2.00. The third-order valence-electron chi connectivity index (χ3n) is 2.37. The van der Waals surface area contributed by atoms with E-state index in [1.165, 1.54) is 0 Å². The molecule has 2 aromatic heterocycles. The predicted octanol–water partition coefficient (Wildman–Crippen LogP) is 1.49. The third kappa shape index (κ3) is 3.59. The highest BCUT2D eigenvalue weighted by Crippen LogP contribution is 2.10. The van der Waals surface area contributed by atoms with Crippen molar-refractivity contribution in [2.24, 2.45) is 7.05 Å². The molecule has 0 aliphatic carbocycles. The number of hydrogen-bond donors (Lipinski definition) is 1. The molecule has 0 radical (unpaired) electrons. The monoisotopic (exact) mass is 250 g/mol. The smallest absolute Gasteiger partial charge is 0.335 e. The summed E-state index contributed by atoms with van der Waals surface area (Å²) in [6.07, 6.45) is 2.71. The normalized spacial score (nSPS) is 10.8. The average molecular weight is 250 g/mol. The highest BCUT2D eigenvalue weighted by Gasteiger charge is 2.04. The van der Waals surface area contributed by atoms with E-state index in [-0.39, 0.29) is 0 Å². The van der Waals surface area contributed by atoms with E-state index in [9.17, 15) is 0 Å². The van der Waals surface area contributed by atoms with Crippen molar-refractivity contribution in [3.63, 3.8) is 0 Å². The van der Waals surface area contributed by atoms with Crippen LogP contribution in [0.1, 0.15) is 24.9 Å². The summed E-state index contributed by atoms with van der Waals surface area (Å²) < 4.78 is 12.6. The topological polar surface area (TPSA) is 65.1 Å². The highest BCUT2D eigenvalue weighted by molar-refractivity contribution is 5.07. The van der Waals surface area contributed by atoms with Gasteiger partial charge in [-0.05, 0) is 25.1 Å². The minimum Gasteiger partial charge on any atom is -0.461 e. The maximum atomic E-state index is 5.61. The van der Waals surface area contributed by atoms with Crippen molar-refractivity contribution in [1.29, 1.82) is 0 Å². The van der Waals surface area contributed by atoms with E-state index in [1.54, 1.807) is 18.1 Å². The molecule has 0 amide bonds. The fraction of sp³-hybridized carbons (Fsp3) is 0.500. The molecule has 0 fully saturated rings. The number of aromatic nitrogens is 3. The molecule has 6 nitrogen and oxygen atoms in total. The summed E-state index contributed by atoms with van der Waals surface area (Å²) in [5.74, 6) is 1.69. The molecule has 0 aromatic carbocycles. The van der Waals surface area contributed by atoms with Crippen LogP contribution in [0.25, 0.3) is 0 Å². The van der Waals surface area contributed by atoms with Crippen molar-refractivity contribution < 1.29 is 9.15 Å². The molecule has 6 heteroatoms. The molecule has 18 heavy (non-hydrogen) atoms. The van der Waals surface area contributed by atoms with E-state index >= 15 is 0 Å². The van der Waals surface area contributed by atoms with Gasteiger partial charge < -0.3 is 14.5 Å². The maximum Gasteiger partial charge on any atom is 0.335 e. The van der Waals surface area contributed by atoms with Crippen LogP contribution < -0.4 is 10.1 Å². The van der Waals surface area contributed by atoms with Crippen LogP contribution in [-0.2, 0) is 20.2 Å². The summed E-state index contributed by atoms with van der Waals surface area (Å²) in [5, 5.41) is 7.30. The van der Waals surface area contributed by atoms with Gasteiger partial charge >= 0.3 is 6.01 Å². The van der Waals surface area contributed by atoms with E-state index in [0.29, 0.717) is 12.6 Å². The van der Waals surface area contributed by atoms with Gasteiger partial charge in [0.05, 0.1) is 6.54 Å². The fourth-order valence-electron chi connectivity index (χ4n) is 1.50. The lowest BCUT2D eigenvalue weighted by Crippen LogP contribution is -2.13. The van der Waals surface area contributed by atoms with E-state index in [2.05, 4.69) is 22.3 Å². The number of hydrogen-bond acceptors (Lipinski definition) is 5. The number of ether oxygens (including phenoxy) is 1. The molecule has 0 saturated carbocycles. The van der Waals surface area contributed by atoms with Gasteiger partial charge in [-0.1, -0.05) is 6.92 Å². The first-order valence-electron chi connectivity index (χ1n) is 6.04. The zero-order valence-electron chi connectivity index (χ0n) is 10.7. The van der Waals surface area contributed by atoms with Crippen molar-refractivity contribution >= 4 is 0 Å². The summed E-state index contributed by atoms with van der Waals surface area (Å²) in [6, 6.07) is 4.22. The van der Waals surface area contributed by atoms with Crippen LogP contribution in [0.5, 0.6) is 6.01 Å². The number of nitrogens with one attached hydrogen (secondary N) is 1. The Hall–Kier alpha value is -1.82. The van der Waals surface area contributed by atoms with Crippen molar-refractivity contribution in [2.45, 2.75) is 26.5 Å². The molecular weight excluding hydrogens is 232 g/mol. The Bertz CT molecular complexity index is 478. The van der Waals surface area contributed by atoms with Gasteiger partial charge in [0.25, 0.3) is 0 Å². The van der Waals surface area contributed by atoms with Crippen molar-refractivity contribution in [2.75, 3.05) is 6.54 Å². The van der Waals surface area contributed by atoms with Crippen LogP contribution in [0.15, 0.2) is 22.9 Å². The Balaban J connectivity index is 1.79. The van der Waals surface area contributed by atoms with E-state index < -0.39 is 0 Å². The summed E-state index contributed by atoms with van der Waals surface area (Å²) in [5.41, 5.74) is 0. The van der Waals surface area contributed by atoms with Gasteiger partial charge in [-0.15, -0.1) is 5.10 Å². The first-order valence-corrected chi connectivity index (χ1v) is 6.04. The molecule has 0 unspecified atom stereocenters. The van der Waals surface area contributed by atoms with Crippen LogP contribution in [0, 0.1) is 0 Å². The van der Waals surface area contributed by atoms with Crippen LogP contribution in [0.4, 0.5) is 0 Å². The average Bonchev–Trinajstić information content (AvgIpc) is 2.96. The van der Waals surface area contributed by atoms with Gasteiger partial charge in [0.2, 0.25) is 0 Å². The molecule has 2 aromatic rings. The van der Waals surface area contributed by atoms with Gasteiger partial charge in [0.1, 0.15) is 24.5 Å². The molecule has 0 bridgehead atoms. The van der Waals surface area contributed by atoms with E-state index in [1.807, 2.05) is 12.1 Å². The molecule has 1 N–H and O–H groups in total. The Morgan fingerprint density at radius 1 is 1.39 bits per heavy atom. The molecule has 0 saturated heterocycles.